The van der Waals surface area contributed by atoms with Gasteiger partial charge >= 0.3 is 0 Å². The summed E-state index contributed by atoms with van der Waals surface area (Å²) in [4.78, 5) is 0. The molecule has 12 rings (SSSR count). The zero-order chi connectivity index (χ0) is 40.3. The number of para-hydroxylation sites is 2. The van der Waals surface area contributed by atoms with Crippen LogP contribution in [0.1, 0.15) is 0 Å². The molecule has 0 atom stereocenters. The molecule has 0 radical (unpaired) electrons. The molecule has 5 nitrogen and oxygen atoms in total. The molecular formula is C56H36N4O. The number of hydrogen-bond acceptors (Lipinski definition) is 3. The molecule has 0 amide bonds. The quantitative estimate of drug-likeness (QED) is 0.162. The van der Waals surface area contributed by atoms with E-state index in [1.165, 1.54) is 66.0 Å². The predicted octanol–water partition coefficient (Wildman–Crippen LogP) is 14.6. The summed E-state index contributed by atoms with van der Waals surface area (Å²) in [5.74, 6) is 1.00. The zero-order valence-electron chi connectivity index (χ0n) is 33.0. The molecule has 12 aromatic rings. The highest BCUT2D eigenvalue weighted by Gasteiger charge is 2.18. The smallest absolute Gasteiger partial charge is 0.248 e. The molecule has 0 bridgehead atoms. The van der Waals surface area contributed by atoms with Gasteiger partial charge in [-0.05, 0) is 124 Å². The third-order valence-electron chi connectivity index (χ3n) is 11.9. The number of fused-ring (bicyclic) bond motifs is 6. The summed E-state index contributed by atoms with van der Waals surface area (Å²) in [7, 11) is 0. The van der Waals surface area contributed by atoms with Crippen molar-refractivity contribution < 1.29 is 4.42 Å². The van der Waals surface area contributed by atoms with Crippen molar-refractivity contribution >= 4 is 43.6 Å². The molecule has 3 heterocycles. The highest BCUT2D eigenvalue weighted by Crippen LogP contribution is 2.40. The van der Waals surface area contributed by atoms with Gasteiger partial charge in [-0.25, -0.2) is 0 Å². The Kier molecular flexibility index (Phi) is 8.10. The first-order chi connectivity index (χ1) is 30.2. The van der Waals surface area contributed by atoms with E-state index in [4.69, 9.17) is 4.42 Å². The van der Waals surface area contributed by atoms with Crippen molar-refractivity contribution in [2.75, 3.05) is 0 Å². The second kappa shape index (κ2) is 14.2. The van der Waals surface area contributed by atoms with E-state index in [2.05, 4.69) is 207 Å². The lowest BCUT2D eigenvalue weighted by molar-refractivity contribution is 0.584. The van der Waals surface area contributed by atoms with Gasteiger partial charge in [0.05, 0.1) is 22.1 Å². The van der Waals surface area contributed by atoms with E-state index in [1.54, 1.807) is 0 Å². The van der Waals surface area contributed by atoms with Crippen LogP contribution in [0.3, 0.4) is 0 Å². The highest BCUT2D eigenvalue weighted by atomic mass is 16.4. The summed E-state index contributed by atoms with van der Waals surface area (Å²) < 4.78 is 10.8. The van der Waals surface area contributed by atoms with Gasteiger partial charge in [0.2, 0.25) is 11.8 Å². The lowest BCUT2D eigenvalue weighted by atomic mass is 9.98. The van der Waals surface area contributed by atoms with Crippen molar-refractivity contribution in [3.05, 3.63) is 218 Å². The van der Waals surface area contributed by atoms with Crippen LogP contribution in [0.2, 0.25) is 0 Å². The van der Waals surface area contributed by atoms with E-state index in [0.29, 0.717) is 11.8 Å². The molecule has 0 unspecified atom stereocenters. The van der Waals surface area contributed by atoms with Crippen LogP contribution in [0.25, 0.3) is 111 Å². The summed E-state index contributed by atoms with van der Waals surface area (Å²) in [6, 6.07) is 77.7. The molecule has 286 valence electrons. The Labute approximate surface area is 352 Å². The molecule has 3 aromatic heterocycles. The van der Waals surface area contributed by atoms with Crippen LogP contribution >= 0.6 is 0 Å². The van der Waals surface area contributed by atoms with Crippen molar-refractivity contribution in [1.82, 2.24) is 19.3 Å². The van der Waals surface area contributed by atoms with Gasteiger partial charge in [0.15, 0.2) is 0 Å². The fourth-order valence-electron chi connectivity index (χ4n) is 8.94. The minimum absolute atomic E-state index is 0.495. The third-order valence-corrected chi connectivity index (χ3v) is 11.9. The standard InChI is InChI=1S/C56H36N4O/c1-4-12-37(13-5-1)38-20-22-39(23-21-38)42-26-31-53-49(34-42)50-36-44(28-33-54(50)59(53)45-16-8-3-9-17-45)43-27-32-52-48(35-43)47-18-10-11-19-51(47)60(52)46-29-24-41(25-30-46)56-58-57-55(61-56)40-14-6-2-7-15-40/h1-36H. The van der Waals surface area contributed by atoms with E-state index < -0.39 is 0 Å². The summed E-state index contributed by atoms with van der Waals surface area (Å²) >= 11 is 0. The maximum Gasteiger partial charge on any atom is 0.248 e. The third kappa shape index (κ3) is 5.94. The maximum absolute atomic E-state index is 6.07. The van der Waals surface area contributed by atoms with Gasteiger partial charge in [-0.15, -0.1) is 10.2 Å². The monoisotopic (exact) mass is 780 g/mol. The molecule has 9 aromatic carbocycles. The Hall–Kier alpha value is -8.28. The molecule has 0 saturated carbocycles. The molecular weight excluding hydrogens is 745 g/mol. The number of hydrogen-bond donors (Lipinski definition) is 0. The van der Waals surface area contributed by atoms with Crippen LogP contribution in [-0.4, -0.2) is 19.3 Å². The van der Waals surface area contributed by atoms with E-state index in [1.807, 2.05) is 30.3 Å². The Morgan fingerprint density at radius 1 is 0.262 bits per heavy atom. The molecule has 61 heavy (non-hydrogen) atoms. The summed E-state index contributed by atoms with van der Waals surface area (Å²) in [6.45, 7) is 0. The van der Waals surface area contributed by atoms with E-state index in [9.17, 15) is 0 Å². The van der Waals surface area contributed by atoms with Crippen molar-refractivity contribution in [3.8, 4) is 67.7 Å². The topological polar surface area (TPSA) is 48.8 Å². The minimum atomic E-state index is 0.495. The van der Waals surface area contributed by atoms with Crippen LogP contribution in [0.4, 0.5) is 0 Å². The molecule has 0 aliphatic carbocycles. The SMILES string of the molecule is c1ccc(-c2ccc(-c3ccc4c(c3)c3cc(-c5ccc6c(c5)c5ccccc5n6-c5ccc(-c6nnc(-c7ccccc7)o6)cc5)ccc3n4-c3ccccc3)cc2)cc1. The molecule has 0 N–H and O–H groups in total. The van der Waals surface area contributed by atoms with Crippen LogP contribution < -0.4 is 0 Å². The van der Waals surface area contributed by atoms with Gasteiger partial charge in [0.25, 0.3) is 0 Å². The van der Waals surface area contributed by atoms with Gasteiger partial charge < -0.3 is 13.6 Å². The molecule has 0 spiro atoms. The van der Waals surface area contributed by atoms with Crippen molar-refractivity contribution in [2.45, 2.75) is 0 Å². The van der Waals surface area contributed by atoms with Gasteiger partial charge in [0, 0.05) is 44.0 Å². The first kappa shape index (κ1) is 34.7. The highest BCUT2D eigenvalue weighted by molar-refractivity contribution is 6.13. The normalized spacial score (nSPS) is 11.6. The Balaban J connectivity index is 0.948. The number of aromatic nitrogens is 4. The largest absolute Gasteiger partial charge is 0.416 e. The lowest BCUT2D eigenvalue weighted by Crippen LogP contribution is -1.94. The van der Waals surface area contributed by atoms with Gasteiger partial charge in [-0.1, -0.05) is 127 Å². The molecule has 0 fully saturated rings. The zero-order valence-corrected chi connectivity index (χ0v) is 33.0. The van der Waals surface area contributed by atoms with Gasteiger partial charge in [-0.2, -0.15) is 0 Å². The van der Waals surface area contributed by atoms with E-state index in [0.717, 1.165) is 33.5 Å². The van der Waals surface area contributed by atoms with Gasteiger partial charge in [-0.3, -0.25) is 0 Å². The minimum Gasteiger partial charge on any atom is -0.416 e. The second-order valence-electron chi connectivity index (χ2n) is 15.5. The summed E-state index contributed by atoms with van der Waals surface area (Å²) in [6.07, 6.45) is 0. The Morgan fingerprint density at radius 2 is 0.607 bits per heavy atom. The molecule has 0 aliphatic heterocycles. The lowest BCUT2D eigenvalue weighted by Gasteiger charge is -2.10. The maximum atomic E-state index is 6.07. The van der Waals surface area contributed by atoms with Crippen LogP contribution in [0, 0.1) is 0 Å². The summed E-state index contributed by atoms with van der Waals surface area (Å²) in [5, 5.41) is 13.5. The van der Waals surface area contributed by atoms with Crippen molar-refractivity contribution in [2.24, 2.45) is 0 Å². The van der Waals surface area contributed by atoms with Crippen LogP contribution in [0.5, 0.6) is 0 Å². The number of rotatable bonds is 7. The second-order valence-corrected chi connectivity index (χ2v) is 15.5. The first-order valence-electron chi connectivity index (χ1n) is 20.6. The van der Waals surface area contributed by atoms with Gasteiger partial charge in [0.1, 0.15) is 0 Å². The van der Waals surface area contributed by atoms with E-state index in [-0.39, 0.29) is 0 Å². The first-order valence-corrected chi connectivity index (χ1v) is 20.6. The Morgan fingerprint density at radius 3 is 1.16 bits per heavy atom. The summed E-state index contributed by atoms with van der Waals surface area (Å²) in [5.41, 5.74) is 15.8. The number of benzene rings is 9. The van der Waals surface area contributed by atoms with Crippen LogP contribution in [0.15, 0.2) is 223 Å². The number of nitrogens with zero attached hydrogens (tertiary/aromatic N) is 4. The van der Waals surface area contributed by atoms with Crippen LogP contribution in [-0.2, 0) is 0 Å². The Bertz CT molecular complexity index is 3550. The fourth-order valence-corrected chi connectivity index (χ4v) is 8.94. The molecule has 0 aliphatic rings. The molecule has 5 heteroatoms. The predicted molar refractivity (Wildman–Crippen MR) is 250 cm³/mol. The van der Waals surface area contributed by atoms with E-state index >= 15 is 0 Å². The average molecular weight is 781 g/mol. The van der Waals surface area contributed by atoms with Crippen molar-refractivity contribution in [1.29, 1.82) is 0 Å². The fraction of sp³-hybridized carbons (Fsp3) is 0. The molecule has 0 saturated heterocycles. The average Bonchev–Trinajstić information content (AvgIpc) is 4.05. The van der Waals surface area contributed by atoms with Crippen molar-refractivity contribution in [3.63, 3.8) is 0 Å².